The zero-order valence-corrected chi connectivity index (χ0v) is 20.3. The molecule has 0 saturated carbocycles. The first-order valence-corrected chi connectivity index (χ1v) is 11.4. The number of carbonyl (C=O) groups excluding carboxylic acids is 1. The average Bonchev–Trinajstić information content (AvgIpc) is 3.52. The summed E-state index contributed by atoms with van der Waals surface area (Å²) in [4.78, 5) is 17.1. The van der Waals surface area contributed by atoms with Crippen LogP contribution < -0.4 is 10.1 Å². The first-order chi connectivity index (χ1) is 18.1. The molecule has 1 amide bonds. The van der Waals surface area contributed by atoms with Gasteiger partial charge in [0.2, 0.25) is 0 Å². The van der Waals surface area contributed by atoms with E-state index in [9.17, 15) is 22.4 Å². The van der Waals surface area contributed by atoms with Crippen LogP contribution in [0.2, 0.25) is 5.02 Å². The minimum Gasteiger partial charge on any atom is -0.497 e. The highest BCUT2D eigenvalue weighted by atomic mass is 35.5. The van der Waals surface area contributed by atoms with Crippen LogP contribution in [0.15, 0.2) is 67.0 Å². The molecular weight excluding hydrogens is 528 g/mol. The second kappa shape index (κ2) is 9.78. The SMILES string of the molecule is COc1ccc(-c2cc(C(F)(F)F)n3nc(C(=O)Nc4cnn(Cc5c(F)cccc5Cl)c4)cc3n2)cc1. The summed E-state index contributed by atoms with van der Waals surface area (Å²) in [5.41, 5.74) is -0.639. The summed E-state index contributed by atoms with van der Waals surface area (Å²) < 4.78 is 62.7. The van der Waals surface area contributed by atoms with Gasteiger partial charge in [0, 0.05) is 28.4 Å². The molecule has 2 aromatic carbocycles. The van der Waals surface area contributed by atoms with Gasteiger partial charge in [0.05, 0.1) is 31.2 Å². The molecule has 0 radical (unpaired) electrons. The monoisotopic (exact) mass is 544 g/mol. The molecule has 3 aromatic heterocycles. The van der Waals surface area contributed by atoms with E-state index in [1.165, 1.54) is 36.3 Å². The largest absolute Gasteiger partial charge is 0.497 e. The van der Waals surface area contributed by atoms with E-state index < -0.39 is 23.6 Å². The van der Waals surface area contributed by atoms with Gasteiger partial charge in [-0.2, -0.15) is 23.4 Å². The summed E-state index contributed by atoms with van der Waals surface area (Å²) in [6.45, 7) is 0.00272. The van der Waals surface area contributed by atoms with Gasteiger partial charge in [-0.3, -0.25) is 9.48 Å². The van der Waals surface area contributed by atoms with Crippen molar-refractivity contribution < 1.29 is 27.1 Å². The fourth-order valence-electron chi connectivity index (χ4n) is 3.75. The number of aromatic nitrogens is 5. The van der Waals surface area contributed by atoms with Crippen LogP contribution in [-0.4, -0.2) is 37.4 Å². The molecule has 13 heteroatoms. The van der Waals surface area contributed by atoms with E-state index in [-0.39, 0.29) is 39.9 Å². The lowest BCUT2D eigenvalue weighted by Gasteiger charge is -2.11. The van der Waals surface area contributed by atoms with Crippen LogP contribution in [0, 0.1) is 5.82 Å². The molecule has 0 saturated heterocycles. The van der Waals surface area contributed by atoms with Gasteiger partial charge in [0.1, 0.15) is 11.6 Å². The van der Waals surface area contributed by atoms with Crippen LogP contribution in [0.3, 0.4) is 0 Å². The minimum absolute atomic E-state index is 0.00272. The van der Waals surface area contributed by atoms with Gasteiger partial charge in [-0.25, -0.2) is 13.9 Å². The molecule has 0 unspecified atom stereocenters. The zero-order chi connectivity index (χ0) is 27.0. The maximum atomic E-state index is 14.1. The highest BCUT2D eigenvalue weighted by Gasteiger charge is 2.35. The smallest absolute Gasteiger partial charge is 0.433 e. The molecule has 194 valence electrons. The number of fused-ring (bicyclic) bond motifs is 1. The van der Waals surface area contributed by atoms with E-state index in [0.29, 0.717) is 15.8 Å². The van der Waals surface area contributed by atoms with Crippen molar-refractivity contribution in [1.29, 1.82) is 0 Å². The standard InChI is InChI=1S/C25H17ClF4N6O2/c1-38-16-7-5-14(6-8-16)20-9-22(25(28,29)30)36-23(33-20)10-21(34-36)24(37)32-15-11-31-35(12-15)13-17-18(26)3-2-4-19(17)27/h2-12H,13H2,1H3,(H,32,37). The number of alkyl halides is 3. The topological polar surface area (TPSA) is 86.3 Å². The number of hydrogen-bond donors (Lipinski definition) is 1. The summed E-state index contributed by atoms with van der Waals surface area (Å²) in [5.74, 6) is -0.752. The molecule has 0 aliphatic carbocycles. The van der Waals surface area contributed by atoms with Crippen molar-refractivity contribution in [1.82, 2.24) is 24.4 Å². The lowest BCUT2D eigenvalue weighted by Crippen LogP contribution is -2.15. The predicted octanol–water partition coefficient (Wildman–Crippen LogP) is 5.71. The number of hydrogen-bond acceptors (Lipinski definition) is 5. The molecule has 5 aromatic rings. The van der Waals surface area contributed by atoms with Crippen LogP contribution >= 0.6 is 11.6 Å². The fraction of sp³-hybridized carbons (Fsp3) is 0.120. The molecule has 0 atom stereocenters. The molecule has 0 aliphatic rings. The van der Waals surface area contributed by atoms with E-state index in [4.69, 9.17) is 16.3 Å². The maximum Gasteiger partial charge on any atom is 0.433 e. The average molecular weight is 545 g/mol. The zero-order valence-electron chi connectivity index (χ0n) is 19.5. The molecule has 0 fully saturated rings. The Morgan fingerprint density at radius 1 is 1.13 bits per heavy atom. The number of methoxy groups -OCH3 is 1. The van der Waals surface area contributed by atoms with E-state index >= 15 is 0 Å². The van der Waals surface area contributed by atoms with Crippen molar-refractivity contribution in [2.24, 2.45) is 0 Å². The molecule has 5 rings (SSSR count). The number of halogens is 5. The van der Waals surface area contributed by atoms with Crippen molar-refractivity contribution in [3.05, 3.63) is 94.8 Å². The van der Waals surface area contributed by atoms with Gasteiger partial charge in [-0.1, -0.05) is 17.7 Å². The maximum absolute atomic E-state index is 14.1. The molecular formula is C25H17ClF4N6O2. The van der Waals surface area contributed by atoms with Gasteiger partial charge in [0.15, 0.2) is 17.0 Å². The third-order valence-electron chi connectivity index (χ3n) is 5.61. The first kappa shape index (κ1) is 25.2. The first-order valence-electron chi connectivity index (χ1n) is 11.0. The quantitative estimate of drug-likeness (QED) is 0.277. The van der Waals surface area contributed by atoms with Crippen LogP contribution in [-0.2, 0) is 12.7 Å². The van der Waals surface area contributed by atoms with Crippen molar-refractivity contribution in [2.75, 3.05) is 12.4 Å². The highest BCUT2D eigenvalue weighted by molar-refractivity contribution is 6.31. The Balaban J connectivity index is 1.42. The summed E-state index contributed by atoms with van der Waals surface area (Å²) in [6, 6.07) is 12.7. The Morgan fingerprint density at radius 2 is 1.89 bits per heavy atom. The summed E-state index contributed by atoms with van der Waals surface area (Å²) in [7, 11) is 1.48. The van der Waals surface area contributed by atoms with Crippen LogP contribution in [0.4, 0.5) is 23.2 Å². The Hall–Kier alpha value is -4.45. The second-order valence-corrected chi connectivity index (χ2v) is 8.54. The van der Waals surface area contributed by atoms with Crippen LogP contribution in [0.1, 0.15) is 21.7 Å². The number of rotatable bonds is 6. The van der Waals surface area contributed by atoms with E-state index in [0.717, 1.165) is 12.1 Å². The Labute approximate surface area is 217 Å². The number of benzene rings is 2. The summed E-state index contributed by atoms with van der Waals surface area (Å²) in [6.07, 6.45) is -2.03. The number of nitrogens with one attached hydrogen (secondary N) is 1. The Kier molecular flexibility index (Phi) is 6.49. The highest BCUT2D eigenvalue weighted by Crippen LogP contribution is 2.33. The molecule has 0 aliphatic heterocycles. The molecule has 0 bridgehead atoms. The van der Waals surface area contributed by atoms with Crippen molar-refractivity contribution >= 4 is 28.8 Å². The van der Waals surface area contributed by atoms with E-state index in [2.05, 4.69) is 20.5 Å². The molecule has 0 spiro atoms. The van der Waals surface area contributed by atoms with E-state index in [1.54, 1.807) is 30.3 Å². The number of amides is 1. The third kappa shape index (κ3) is 5.02. The van der Waals surface area contributed by atoms with Crippen molar-refractivity contribution in [3.63, 3.8) is 0 Å². The van der Waals surface area contributed by atoms with Gasteiger partial charge < -0.3 is 10.1 Å². The molecule has 3 heterocycles. The summed E-state index contributed by atoms with van der Waals surface area (Å²) >= 11 is 6.04. The number of anilines is 1. The predicted molar refractivity (Wildman–Crippen MR) is 131 cm³/mol. The lowest BCUT2D eigenvalue weighted by atomic mass is 10.1. The normalized spacial score (nSPS) is 11.6. The van der Waals surface area contributed by atoms with Crippen LogP contribution in [0.25, 0.3) is 16.9 Å². The minimum atomic E-state index is -4.77. The summed E-state index contributed by atoms with van der Waals surface area (Å²) in [5, 5.41) is 10.7. The molecule has 1 N–H and O–H groups in total. The molecule has 8 nitrogen and oxygen atoms in total. The van der Waals surface area contributed by atoms with Gasteiger partial charge >= 0.3 is 6.18 Å². The van der Waals surface area contributed by atoms with Gasteiger partial charge in [-0.15, -0.1) is 0 Å². The lowest BCUT2D eigenvalue weighted by molar-refractivity contribution is -0.142. The van der Waals surface area contributed by atoms with Gasteiger partial charge in [0.25, 0.3) is 5.91 Å². The molecule has 38 heavy (non-hydrogen) atoms. The Morgan fingerprint density at radius 3 is 2.58 bits per heavy atom. The second-order valence-electron chi connectivity index (χ2n) is 8.13. The van der Waals surface area contributed by atoms with E-state index in [1.807, 2.05) is 0 Å². The van der Waals surface area contributed by atoms with Crippen LogP contribution in [0.5, 0.6) is 5.75 Å². The Bertz CT molecular complexity index is 1630. The third-order valence-corrected chi connectivity index (χ3v) is 5.96. The number of carbonyl (C=O) groups is 1. The van der Waals surface area contributed by atoms with Crippen molar-refractivity contribution in [3.8, 4) is 17.0 Å². The number of nitrogens with zero attached hydrogens (tertiary/aromatic N) is 5. The number of ether oxygens (including phenoxy) is 1. The fourth-order valence-corrected chi connectivity index (χ4v) is 3.97. The van der Waals surface area contributed by atoms with Crippen molar-refractivity contribution in [2.45, 2.75) is 12.7 Å². The van der Waals surface area contributed by atoms with Gasteiger partial charge in [-0.05, 0) is 42.5 Å².